The minimum atomic E-state index is -4.30. The molecule has 0 aliphatic carbocycles. The quantitative estimate of drug-likeness (QED) is 0.918. The Bertz CT molecular complexity index is 597. The smallest absolute Gasteiger partial charge is 0.248 e. The molecule has 1 aromatic rings. The summed E-state index contributed by atoms with van der Waals surface area (Å²) in [5.74, 6) is -3.85. The summed E-state index contributed by atoms with van der Waals surface area (Å²) < 4.78 is 66.2. The van der Waals surface area contributed by atoms with Crippen molar-refractivity contribution in [2.24, 2.45) is 5.92 Å². The third-order valence-corrected chi connectivity index (χ3v) is 5.45. The summed E-state index contributed by atoms with van der Waals surface area (Å²) in [5, 5.41) is 2.96. The van der Waals surface area contributed by atoms with Gasteiger partial charge in [0.05, 0.1) is 0 Å². The van der Waals surface area contributed by atoms with Crippen LogP contribution in [0.2, 0.25) is 0 Å². The van der Waals surface area contributed by atoms with E-state index in [0.29, 0.717) is 25.1 Å². The SMILES string of the molecule is CNC[C@@H]1CCCN(S(=O)(=O)c2c(F)cc(F)cc2F)C1. The fraction of sp³-hybridized carbons (Fsp3) is 0.538. The second kappa shape index (κ2) is 6.33. The van der Waals surface area contributed by atoms with Crippen molar-refractivity contribution in [1.82, 2.24) is 9.62 Å². The highest BCUT2D eigenvalue weighted by Gasteiger charge is 2.34. The van der Waals surface area contributed by atoms with Crippen molar-refractivity contribution in [3.8, 4) is 0 Å². The molecule has 0 unspecified atom stereocenters. The van der Waals surface area contributed by atoms with Gasteiger partial charge in [-0.05, 0) is 32.4 Å². The Kier molecular flexibility index (Phi) is 4.90. The van der Waals surface area contributed by atoms with Gasteiger partial charge in [0, 0.05) is 25.2 Å². The Balaban J connectivity index is 2.34. The second-order valence-electron chi connectivity index (χ2n) is 5.13. The minimum Gasteiger partial charge on any atom is -0.319 e. The number of sulfonamides is 1. The molecule has 1 aliphatic rings. The van der Waals surface area contributed by atoms with Gasteiger partial charge in [-0.25, -0.2) is 21.6 Å². The van der Waals surface area contributed by atoms with E-state index >= 15 is 0 Å². The molecule has 4 nitrogen and oxygen atoms in total. The highest BCUT2D eigenvalue weighted by atomic mass is 32.2. The molecule has 1 heterocycles. The van der Waals surface area contributed by atoms with Crippen molar-refractivity contribution in [3.05, 3.63) is 29.6 Å². The van der Waals surface area contributed by atoms with E-state index in [1.54, 1.807) is 7.05 Å². The van der Waals surface area contributed by atoms with E-state index in [0.717, 1.165) is 10.7 Å². The molecule has 0 saturated carbocycles. The van der Waals surface area contributed by atoms with Crippen molar-refractivity contribution in [1.29, 1.82) is 0 Å². The maximum absolute atomic E-state index is 13.7. The van der Waals surface area contributed by atoms with Gasteiger partial charge in [-0.3, -0.25) is 0 Å². The van der Waals surface area contributed by atoms with Crippen molar-refractivity contribution >= 4 is 10.0 Å². The van der Waals surface area contributed by atoms with Gasteiger partial charge in [-0.1, -0.05) is 0 Å². The van der Waals surface area contributed by atoms with Gasteiger partial charge in [0.1, 0.15) is 17.5 Å². The molecule has 0 spiro atoms. The van der Waals surface area contributed by atoms with Gasteiger partial charge >= 0.3 is 0 Å². The van der Waals surface area contributed by atoms with Crippen LogP contribution < -0.4 is 5.32 Å². The van der Waals surface area contributed by atoms with Crippen LogP contribution in [0.5, 0.6) is 0 Å². The Morgan fingerprint density at radius 3 is 2.48 bits per heavy atom. The number of nitrogens with one attached hydrogen (secondary N) is 1. The first-order chi connectivity index (χ1) is 9.86. The monoisotopic (exact) mass is 322 g/mol. The van der Waals surface area contributed by atoms with Crippen LogP contribution in [0.25, 0.3) is 0 Å². The van der Waals surface area contributed by atoms with Crippen LogP contribution in [0.3, 0.4) is 0 Å². The number of hydrogen-bond acceptors (Lipinski definition) is 3. The fourth-order valence-corrected chi connectivity index (χ4v) is 4.25. The second-order valence-corrected chi connectivity index (χ2v) is 7.00. The molecule has 1 N–H and O–H groups in total. The van der Waals surface area contributed by atoms with Gasteiger partial charge < -0.3 is 5.32 Å². The molecule has 0 radical (unpaired) electrons. The molecule has 1 saturated heterocycles. The summed E-state index contributed by atoms with van der Waals surface area (Å²) in [6, 6.07) is 0.760. The normalized spacial score (nSPS) is 20.7. The summed E-state index contributed by atoms with van der Waals surface area (Å²) in [6.07, 6.45) is 1.47. The Hall–Kier alpha value is -1.12. The minimum absolute atomic E-state index is 0.0881. The van der Waals surface area contributed by atoms with Gasteiger partial charge in [0.2, 0.25) is 10.0 Å². The lowest BCUT2D eigenvalue weighted by molar-refractivity contribution is 0.262. The molecule has 118 valence electrons. The van der Waals surface area contributed by atoms with Gasteiger partial charge in [-0.15, -0.1) is 0 Å². The molecule has 21 heavy (non-hydrogen) atoms. The lowest BCUT2D eigenvalue weighted by atomic mass is 10.00. The molecule has 1 aromatic carbocycles. The molecule has 8 heteroatoms. The molecule has 0 bridgehead atoms. The lowest BCUT2D eigenvalue weighted by Gasteiger charge is -2.32. The Labute approximate surface area is 122 Å². The van der Waals surface area contributed by atoms with E-state index in [1.807, 2.05) is 0 Å². The largest absolute Gasteiger partial charge is 0.319 e. The van der Waals surface area contributed by atoms with Crippen molar-refractivity contribution in [2.75, 3.05) is 26.7 Å². The predicted octanol–water partition coefficient (Wildman–Crippen LogP) is 1.72. The van der Waals surface area contributed by atoms with Gasteiger partial charge in [0.25, 0.3) is 0 Å². The predicted molar refractivity (Wildman–Crippen MR) is 71.7 cm³/mol. The van der Waals surface area contributed by atoms with Crippen LogP contribution in [-0.2, 0) is 10.0 Å². The number of piperidine rings is 1. The van der Waals surface area contributed by atoms with Crippen molar-refractivity contribution in [3.63, 3.8) is 0 Å². The third-order valence-electron chi connectivity index (χ3n) is 3.54. The summed E-state index contributed by atoms with van der Waals surface area (Å²) in [4.78, 5) is -1.07. The first-order valence-corrected chi connectivity index (χ1v) is 8.09. The van der Waals surface area contributed by atoms with E-state index < -0.39 is 32.4 Å². The van der Waals surface area contributed by atoms with Crippen LogP contribution >= 0.6 is 0 Å². The number of rotatable bonds is 4. The third kappa shape index (κ3) is 3.38. The van der Waals surface area contributed by atoms with E-state index in [9.17, 15) is 21.6 Å². The highest BCUT2D eigenvalue weighted by Crippen LogP contribution is 2.27. The number of benzene rings is 1. The first kappa shape index (κ1) is 16.3. The van der Waals surface area contributed by atoms with Gasteiger partial charge in [0.15, 0.2) is 4.90 Å². The number of hydrogen-bond donors (Lipinski definition) is 1. The van der Waals surface area contributed by atoms with Crippen LogP contribution in [0, 0.1) is 23.4 Å². The summed E-state index contributed by atoms with van der Waals surface area (Å²) >= 11 is 0. The van der Waals surface area contributed by atoms with Crippen LogP contribution in [-0.4, -0.2) is 39.4 Å². The zero-order chi connectivity index (χ0) is 15.6. The number of nitrogens with zero attached hydrogens (tertiary/aromatic N) is 1. The number of halogens is 3. The first-order valence-electron chi connectivity index (χ1n) is 6.65. The molecule has 0 aromatic heterocycles. The average Bonchev–Trinajstić information content (AvgIpc) is 2.37. The maximum atomic E-state index is 13.7. The van der Waals surface area contributed by atoms with E-state index in [-0.39, 0.29) is 19.0 Å². The average molecular weight is 322 g/mol. The zero-order valence-corrected chi connectivity index (χ0v) is 12.4. The molecule has 0 amide bonds. The van der Waals surface area contributed by atoms with E-state index in [2.05, 4.69) is 5.32 Å². The van der Waals surface area contributed by atoms with Crippen LogP contribution in [0.4, 0.5) is 13.2 Å². The molecule has 1 fully saturated rings. The van der Waals surface area contributed by atoms with Crippen LogP contribution in [0.15, 0.2) is 17.0 Å². The molecular weight excluding hydrogens is 305 g/mol. The molecule has 1 aliphatic heterocycles. The highest BCUT2D eigenvalue weighted by molar-refractivity contribution is 7.89. The van der Waals surface area contributed by atoms with Crippen LogP contribution in [0.1, 0.15) is 12.8 Å². The van der Waals surface area contributed by atoms with E-state index in [4.69, 9.17) is 0 Å². The fourth-order valence-electron chi connectivity index (χ4n) is 2.60. The summed E-state index contributed by atoms with van der Waals surface area (Å²) in [7, 11) is -2.55. The summed E-state index contributed by atoms with van der Waals surface area (Å²) in [6.45, 7) is 1.03. The zero-order valence-electron chi connectivity index (χ0n) is 11.6. The van der Waals surface area contributed by atoms with Crippen molar-refractivity contribution < 1.29 is 21.6 Å². The molecule has 2 rings (SSSR count). The topological polar surface area (TPSA) is 49.4 Å². The Morgan fingerprint density at radius 1 is 1.29 bits per heavy atom. The van der Waals surface area contributed by atoms with Gasteiger partial charge in [-0.2, -0.15) is 4.31 Å². The Morgan fingerprint density at radius 2 is 1.90 bits per heavy atom. The lowest BCUT2D eigenvalue weighted by Crippen LogP contribution is -2.42. The molecule has 1 atom stereocenters. The van der Waals surface area contributed by atoms with Crippen molar-refractivity contribution in [2.45, 2.75) is 17.7 Å². The summed E-state index contributed by atoms with van der Waals surface area (Å²) in [5.41, 5.74) is 0. The standard InChI is InChI=1S/C13H17F3N2O2S/c1-17-7-9-3-2-4-18(8-9)21(19,20)13-11(15)5-10(14)6-12(13)16/h5-6,9,17H,2-4,7-8H2,1H3/t9-/m0/s1. The maximum Gasteiger partial charge on any atom is 0.248 e. The molecular formula is C13H17F3N2O2S. The van der Waals surface area contributed by atoms with E-state index in [1.165, 1.54) is 0 Å².